The van der Waals surface area contributed by atoms with Gasteiger partial charge in [0.1, 0.15) is 11.5 Å². The Morgan fingerprint density at radius 3 is 1.94 bits per heavy atom. The molecule has 1 atom stereocenters. The van der Waals surface area contributed by atoms with Crippen LogP contribution in [0.4, 0.5) is 11.4 Å². The minimum absolute atomic E-state index is 0.00502. The molecule has 178 valence electrons. The quantitative estimate of drug-likeness (QED) is 0.230. The molecule has 0 aliphatic carbocycles. The molecule has 0 saturated carbocycles. The molecule has 0 bridgehead atoms. The lowest BCUT2D eigenvalue weighted by Gasteiger charge is -2.36. The molecular weight excluding hydrogens is 508 g/mol. The zero-order valence-corrected chi connectivity index (χ0v) is 21.7. The summed E-state index contributed by atoms with van der Waals surface area (Å²) in [6, 6.07) is 40.6. The monoisotopic (exact) mass is 534 g/mol. The Balaban J connectivity index is 1.61. The maximum absolute atomic E-state index is 6.59. The van der Waals surface area contributed by atoms with Crippen molar-refractivity contribution >= 4 is 27.3 Å². The molecular formula is C32H27BrN2O. The second-order valence-corrected chi connectivity index (χ2v) is 10.1. The normalized spacial score (nSPS) is 15.4. The van der Waals surface area contributed by atoms with Crippen LogP contribution in [-0.2, 0) is 6.54 Å². The zero-order chi connectivity index (χ0) is 24.5. The second-order valence-electron chi connectivity index (χ2n) is 9.18. The van der Waals surface area contributed by atoms with Crippen LogP contribution < -0.4 is 9.80 Å². The van der Waals surface area contributed by atoms with Crippen molar-refractivity contribution in [2.45, 2.75) is 19.5 Å². The first-order valence-corrected chi connectivity index (χ1v) is 13.0. The average Bonchev–Trinajstić information content (AvgIpc) is 3.13. The zero-order valence-electron chi connectivity index (χ0n) is 20.1. The van der Waals surface area contributed by atoms with E-state index >= 15 is 0 Å². The molecule has 5 aromatic rings. The van der Waals surface area contributed by atoms with Crippen molar-refractivity contribution in [1.29, 1.82) is 0 Å². The summed E-state index contributed by atoms with van der Waals surface area (Å²) in [5, 5.41) is 0. The van der Waals surface area contributed by atoms with Gasteiger partial charge in [-0.25, -0.2) is 0 Å². The lowest BCUT2D eigenvalue weighted by molar-refractivity contribution is 0.534. The van der Waals surface area contributed by atoms with Gasteiger partial charge in [0.05, 0.1) is 12.7 Å². The first-order valence-electron chi connectivity index (χ1n) is 12.2. The number of nitrogens with zero attached hydrogens (tertiary/aromatic N) is 2. The molecule has 0 saturated heterocycles. The minimum atomic E-state index is 0.00502. The van der Waals surface area contributed by atoms with E-state index in [-0.39, 0.29) is 6.04 Å². The third-order valence-electron chi connectivity index (χ3n) is 6.92. The lowest BCUT2D eigenvalue weighted by atomic mass is 9.92. The molecule has 0 radical (unpaired) electrons. The predicted octanol–water partition coefficient (Wildman–Crippen LogP) is 8.59. The fourth-order valence-corrected chi connectivity index (χ4v) is 5.52. The number of para-hydroxylation sites is 2. The Bertz CT molecular complexity index is 1450. The summed E-state index contributed by atoms with van der Waals surface area (Å²) in [5.74, 6) is 1.92. The number of benzene rings is 4. The lowest BCUT2D eigenvalue weighted by Crippen LogP contribution is -2.38. The first kappa shape index (κ1) is 22.7. The van der Waals surface area contributed by atoms with Crippen molar-refractivity contribution < 1.29 is 4.42 Å². The summed E-state index contributed by atoms with van der Waals surface area (Å²) < 4.78 is 7.67. The number of halogens is 1. The van der Waals surface area contributed by atoms with Gasteiger partial charge in [0.2, 0.25) is 0 Å². The maximum Gasteiger partial charge on any atom is 0.139 e. The number of furan rings is 1. The predicted molar refractivity (Wildman–Crippen MR) is 151 cm³/mol. The van der Waals surface area contributed by atoms with Crippen LogP contribution in [0.5, 0.6) is 0 Å². The highest BCUT2D eigenvalue weighted by Crippen LogP contribution is 2.45. The van der Waals surface area contributed by atoms with Crippen molar-refractivity contribution in [3.8, 4) is 11.3 Å². The van der Waals surface area contributed by atoms with Crippen molar-refractivity contribution in [3.05, 3.63) is 142 Å². The fourth-order valence-electron chi connectivity index (χ4n) is 5.26. The van der Waals surface area contributed by atoms with Crippen LogP contribution in [0.15, 0.2) is 124 Å². The molecule has 1 aromatic heterocycles. The molecule has 1 aliphatic rings. The van der Waals surface area contributed by atoms with Gasteiger partial charge in [-0.15, -0.1) is 0 Å². The Labute approximate surface area is 220 Å². The third-order valence-corrected chi connectivity index (χ3v) is 7.45. The molecule has 1 unspecified atom stereocenters. The largest absolute Gasteiger partial charge is 0.461 e. The van der Waals surface area contributed by atoms with Gasteiger partial charge >= 0.3 is 0 Å². The van der Waals surface area contributed by atoms with E-state index < -0.39 is 0 Å². The Hall–Kier alpha value is -3.76. The van der Waals surface area contributed by atoms with E-state index in [4.69, 9.17) is 4.42 Å². The van der Waals surface area contributed by atoms with Crippen LogP contribution in [0.2, 0.25) is 0 Å². The number of aryl methyl sites for hydroxylation is 1. The summed E-state index contributed by atoms with van der Waals surface area (Å²) in [4.78, 5) is 4.95. The van der Waals surface area contributed by atoms with Crippen molar-refractivity contribution in [3.63, 3.8) is 0 Å². The summed E-state index contributed by atoms with van der Waals surface area (Å²) in [6.45, 7) is 3.62. The van der Waals surface area contributed by atoms with E-state index in [1.165, 1.54) is 28.1 Å². The summed E-state index contributed by atoms with van der Waals surface area (Å²) in [5.41, 5.74) is 7.21. The number of rotatable bonds is 4. The van der Waals surface area contributed by atoms with Gasteiger partial charge in [-0.3, -0.25) is 0 Å². The Morgan fingerprint density at radius 1 is 0.722 bits per heavy atom. The van der Waals surface area contributed by atoms with Crippen molar-refractivity contribution in [2.24, 2.45) is 0 Å². The fraction of sp³-hybridized carbons (Fsp3) is 0.125. The van der Waals surface area contributed by atoms with Crippen LogP contribution in [0.25, 0.3) is 11.3 Å². The minimum Gasteiger partial charge on any atom is -0.461 e. The molecule has 4 heteroatoms. The van der Waals surface area contributed by atoms with Gasteiger partial charge in [-0.05, 0) is 48.9 Å². The highest BCUT2D eigenvalue weighted by molar-refractivity contribution is 9.10. The van der Waals surface area contributed by atoms with Gasteiger partial charge in [0, 0.05) is 39.1 Å². The molecule has 36 heavy (non-hydrogen) atoms. The molecule has 6 rings (SSSR count). The topological polar surface area (TPSA) is 19.6 Å². The van der Waals surface area contributed by atoms with Crippen LogP contribution in [0.3, 0.4) is 0 Å². The van der Waals surface area contributed by atoms with Crippen molar-refractivity contribution in [2.75, 3.05) is 16.5 Å². The second kappa shape index (κ2) is 9.71. The van der Waals surface area contributed by atoms with Crippen molar-refractivity contribution in [1.82, 2.24) is 0 Å². The van der Waals surface area contributed by atoms with E-state index in [0.29, 0.717) is 0 Å². The maximum atomic E-state index is 6.59. The smallest absolute Gasteiger partial charge is 0.139 e. The van der Waals surface area contributed by atoms with Gasteiger partial charge < -0.3 is 14.2 Å². The van der Waals surface area contributed by atoms with Crippen LogP contribution in [0.1, 0.15) is 28.5 Å². The summed E-state index contributed by atoms with van der Waals surface area (Å²) in [6.07, 6.45) is 0. The molecule has 3 nitrogen and oxygen atoms in total. The Morgan fingerprint density at radius 2 is 1.31 bits per heavy atom. The molecule has 0 spiro atoms. The number of hydrogen-bond donors (Lipinski definition) is 0. The molecule has 2 heterocycles. The third kappa shape index (κ3) is 4.22. The van der Waals surface area contributed by atoms with Gasteiger partial charge in [0.15, 0.2) is 0 Å². The van der Waals surface area contributed by atoms with Crippen LogP contribution in [-0.4, -0.2) is 6.67 Å². The van der Waals surface area contributed by atoms with E-state index in [0.717, 1.165) is 34.8 Å². The van der Waals surface area contributed by atoms with E-state index in [9.17, 15) is 0 Å². The van der Waals surface area contributed by atoms with Gasteiger partial charge in [0.25, 0.3) is 0 Å². The number of fused-ring (bicyclic) bond motifs is 1. The molecule has 0 fully saturated rings. The summed E-state index contributed by atoms with van der Waals surface area (Å²) >= 11 is 3.63. The standard InChI is InChI=1S/C32H27BrN2O/c1-23-30-29(32(36-23)25-11-5-2-6-12-25)21-34(27-13-7-3-8-14-27)22-35(28-15-9-4-10-16-28)31(30)24-17-19-26(33)20-18-24/h2-20,31H,21-22H2,1H3. The number of hydrogen-bond acceptors (Lipinski definition) is 3. The van der Waals surface area contributed by atoms with Gasteiger partial charge in [-0.1, -0.05) is 94.8 Å². The van der Waals surface area contributed by atoms with Gasteiger partial charge in [-0.2, -0.15) is 0 Å². The molecule has 0 amide bonds. The summed E-state index contributed by atoms with van der Waals surface area (Å²) in [7, 11) is 0. The SMILES string of the molecule is Cc1oc(-c2ccccc2)c2c1C(c1ccc(Br)cc1)N(c1ccccc1)CN(c1ccccc1)C2. The number of anilines is 2. The van der Waals surface area contributed by atoms with E-state index in [2.05, 4.69) is 148 Å². The van der Waals surface area contributed by atoms with Crippen LogP contribution >= 0.6 is 15.9 Å². The average molecular weight is 535 g/mol. The van der Waals surface area contributed by atoms with Crippen LogP contribution in [0, 0.1) is 6.92 Å². The highest BCUT2D eigenvalue weighted by Gasteiger charge is 2.36. The van der Waals surface area contributed by atoms with E-state index in [1.54, 1.807) is 0 Å². The van der Waals surface area contributed by atoms with E-state index in [1.807, 2.05) is 0 Å². The first-order chi connectivity index (χ1) is 17.7. The molecule has 1 aliphatic heterocycles. The Kier molecular flexibility index (Phi) is 6.12. The molecule has 0 N–H and O–H groups in total. The molecule has 4 aromatic carbocycles. The highest BCUT2D eigenvalue weighted by atomic mass is 79.9.